The Bertz CT molecular complexity index is 1470. The molecule has 2 heterocycles. The van der Waals surface area contributed by atoms with Gasteiger partial charge in [0.25, 0.3) is 5.91 Å². The van der Waals surface area contributed by atoms with Crippen LogP contribution in [0, 0.1) is 0 Å². The summed E-state index contributed by atoms with van der Waals surface area (Å²) in [7, 11) is -1.99. The molecule has 1 fully saturated rings. The van der Waals surface area contributed by atoms with E-state index in [0.29, 0.717) is 29.7 Å². The zero-order valence-electron chi connectivity index (χ0n) is 31.3. The zero-order chi connectivity index (χ0) is 37.3. The average Bonchev–Trinajstić information content (AvgIpc) is 3.04. The Morgan fingerprint density at radius 1 is 0.960 bits per heavy atom. The van der Waals surface area contributed by atoms with Crippen LogP contribution in [0.1, 0.15) is 78.7 Å². The van der Waals surface area contributed by atoms with Crippen molar-refractivity contribution in [2.24, 2.45) is 0 Å². The van der Waals surface area contributed by atoms with Crippen LogP contribution in [0.4, 0.5) is 4.79 Å². The van der Waals surface area contributed by atoms with Crippen LogP contribution in [-0.2, 0) is 23.5 Å². The van der Waals surface area contributed by atoms with Crippen LogP contribution >= 0.6 is 11.8 Å². The number of amides is 3. The molecule has 1 aromatic heterocycles. The van der Waals surface area contributed by atoms with E-state index in [-0.39, 0.29) is 55.3 Å². The molecule has 12 nitrogen and oxygen atoms in total. The van der Waals surface area contributed by atoms with E-state index in [1.165, 1.54) is 11.8 Å². The number of carbonyl (C=O) groups is 4. The van der Waals surface area contributed by atoms with Crippen LogP contribution in [0.5, 0.6) is 0 Å². The lowest BCUT2D eigenvalue weighted by Crippen LogP contribution is -2.56. The Labute approximate surface area is 302 Å². The molecule has 0 saturated carbocycles. The highest BCUT2D eigenvalue weighted by molar-refractivity contribution is 7.99. The van der Waals surface area contributed by atoms with Gasteiger partial charge in [-0.15, -0.1) is 11.8 Å². The molecule has 14 heteroatoms. The Kier molecular flexibility index (Phi) is 14.4. The molecule has 3 rings (SSSR count). The van der Waals surface area contributed by atoms with Crippen LogP contribution in [-0.4, -0.2) is 108 Å². The number of hydrogen-bond donors (Lipinski definition) is 1. The number of carbonyl (C=O) groups excluding carboxylic acids is 4. The van der Waals surface area contributed by atoms with Gasteiger partial charge in [0.1, 0.15) is 22.4 Å². The average molecular weight is 730 g/mol. The van der Waals surface area contributed by atoms with Gasteiger partial charge in [0.05, 0.1) is 12.7 Å². The molecule has 50 heavy (non-hydrogen) atoms. The molecule has 1 N–H and O–H groups in total. The van der Waals surface area contributed by atoms with Crippen LogP contribution in [0.15, 0.2) is 41.4 Å². The molecule has 0 bridgehead atoms. The smallest absolute Gasteiger partial charge is 0.409 e. The lowest BCUT2D eigenvalue weighted by atomic mass is 10.1. The van der Waals surface area contributed by atoms with Crippen LogP contribution < -0.4 is 5.32 Å². The van der Waals surface area contributed by atoms with Crippen molar-refractivity contribution in [2.45, 2.75) is 109 Å². The summed E-state index contributed by atoms with van der Waals surface area (Å²) < 4.78 is 17.1. The molecule has 276 valence electrons. The Morgan fingerprint density at radius 2 is 1.58 bits per heavy atom. The number of esters is 1. The molecular weight excluding hydrogens is 675 g/mol. The van der Waals surface area contributed by atoms with Gasteiger partial charge < -0.3 is 29.0 Å². The third kappa shape index (κ3) is 12.4. The predicted octanol–water partition coefficient (Wildman–Crippen LogP) is 6.17. The van der Waals surface area contributed by atoms with Gasteiger partial charge in [-0.2, -0.15) is 0 Å². The second-order valence-electron chi connectivity index (χ2n) is 14.9. The first kappa shape index (κ1) is 40.9. The van der Waals surface area contributed by atoms with Crippen molar-refractivity contribution in [1.82, 2.24) is 25.1 Å². The predicted molar refractivity (Wildman–Crippen MR) is 197 cm³/mol. The van der Waals surface area contributed by atoms with Gasteiger partial charge in [-0.1, -0.05) is 51.1 Å². The third-order valence-corrected chi connectivity index (χ3v) is 14.3. The number of piperazine rings is 1. The summed E-state index contributed by atoms with van der Waals surface area (Å²) >= 11 is 1.48. The highest BCUT2D eigenvalue weighted by Gasteiger charge is 2.38. The Hall–Kier alpha value is -3.49. The largest absolute Gasteiger partial charge is 0.460 e. The molecule has 1 aromatic carbocycles. The minimum Gasteiger partial charge on any atom is -0.460 e. The summed E-state index contributed by atoms with van der Waals surface area (Å²) in [5.74, 6) is -0.393. The van der Waals surface area contributed by atoms with Crippen LogP contribution in [0.2, 0.25) is 18.1 Å². The molecule has 0 aliphatic carbocycles. The van der Waals surface area contributed by atoms with E-state index in [0.717, 1.165) is 5.56 Å². The first-order valence-corrected chi connectivity index (χ1v) is 21.2. The van der Waals surface area contributed by atoms with Crippen molar-refractivity contribution in [1.29, 1.82) is 0 Å². The van der Waals surface area contributed by atoms with E-state index in [9.17, 15) is 19.2 Å². The van der Waals surface area contributed by atoms with Crippen molar-refractivity contribution in [2.75, 3.05) is 38.5 Å². The van der Waals surface area contributed by atoms with Gasteiger partial charge in [0, 0.05) is 50.0 Å². The summed E-state index contributed by atoms with van der Waals surface area (Å²) in [4.78, 5) is 65.2. The van der Waals surface area contributed by atoms with E-state index in [1.54, 1.807) is 43.6 Å². The lowest BCUT2D eigenvalue weighted by molar-refractivity contribution is -0.155. The monoisotopic (exact) mass is 729 g/mol. The van der Waals surface area contributed by atoms with Crippen LogP contribution in [0.3, 0.4) is 0 Å². The first-order chi connectivity index (χ1) is 23.3. The topological polar surface area (TPSA) is 140 Å². The second-order valence-corrected chi connectivity index (χ2v) is 20.7. The summed E-state index contributed by atoms with van der Waals surface area (Å²) in [6.45, 7) is 21.5. The number of nitrogens with one attached hydrogen (secondary N) is 1. The highest BCUT2D eigenvalue weighted by Crippen LogP contribution is 2.38. The van der Waals surface area contributed by atoms with E-state index in [1.807, 2.05) is 37.3 Å². The van der Waals surface area contributed by atoms with Crippen molar-refractivity contribution in [3.05, 3.63) is 42.1 Å². The normalized spacial score (nSPS) is 15.2. The molecule has 1 aliphatic rings. The highest BCUT2D eigenvalue weighted by atomic mass is 32.2. The molecule has 1 aliphatic heterocycles. The fraction of sp³-hybridized carbons (Fsp3) is 0.611. The summed E-state index contributed by atoms with van der Waals surface area (Å²) in [6, 6.07) is 9.98. The van der Waals surface area contributed by atoms with Gasteiger partial charge in [-0.05, 0) is 59.2 Å². The van der Waals surface area contributed by atoms with Gasteiger partial charge in [-0.25, -0.2) is 14.8 Å². The summed E-state index contributed by atoms with van der Waals surface area (Å²) in [6.07, 6.45) is -0.532. The number of hydrogen-bond acceptors (Lipinski definition) is 10. The molecular formula is C36H55N5O7SSi. The summed E-state index contributed by atoms with van der Waals surface area (Å²) in [5, 5.41) is 3.53. The van der Waals surface area contributed by atoms with Crippen molar-refractivity contribution in [3.63, 3.8) is 0 Å². The van der Waals surface area contributed by atoms with Crippen molar-refractivity contribution < 1.29 is 33.1 Å². The summed E-state index contributed by atoms with van der Waals surface area (Å²) in [5.41, 5.74) is 0.146. The number of benzene rings is 1. The van der Waals surface area contributed by atoms with Gasteiger partial charge in [-0.3, -0.25) is 14.4 Å². The fourth-order valence-electron chi connectivity index (χ4n) is 4.94. The number of nitrogens with zero attached hydrogens (tertiary/aromatic N) is 4. The SMILES string of the molecule is CCOC(=O)N1CCN(C(=O)[C@H](CCC(=O)OC(C)(C)C)NC(=O)c2cc(SCC(C)O[Si](C)(C)C(C)(C)C)nc(-c3ccccc3)n2)CC1. The van der Waals surface area contributed by atoms with Crippen LogP contribution in [0.25, 0.3) is 11.4 Å². The molecule has 3 amide bonds. The van der Waals surface area contributed by atoms with E-state index >= 15 is 0 Å². The van der Waals surface area contributed by atoms with E-state index < -0.39 is 37.9 Å². The van der Waals surface area contributed by atoms with Gasteiger partial charge >= 0.3 is 12.1 Å². The molecule has 2 atom stereocenters. The molecule has 0 spiro atoms. The van der Waals surface area contributed by atoms with Crippen molar-refractivity contribution >= 4 is 44.0 Å². The Morgan fingerprint density at radius 3 is 2.16 bits per heavy atom. The molecule has 0 radical (unpaired) electrons. The lowest BCUT2D eigenvalue weighted by Gasteiger charge is -2.38. The van der Waals surface area contributed by atoms with E-state index in [2.05, 4.69) is 44.2 Å². The Balaban J connectivity index is 1.85. The molecule has 2 aromatic rings. The molecule has 1 saturated heterocycles. The maximum absolute atomic E-state index is 13.9. The number of aromatic nitrogens is 2. The van der Waals surface area contributed by atoms with Gasteiger partial charge in [0.15, 0.2) is 14.1 Å². The maximum Gasteiger partial charge on any atom is 0.409 e. The van der Waals surface area contributed by atoms with E-state index in [4.69, 9.17) is 18.9 Å². The minimum atomic E-state index is -1.99. The maximum atomic E-state index is 13.9. The third-order valence-electron chi connectivity index (χ3n) is 8.51. The first-order valence-electron chi connectivity index (χ1n) is 17.3. The van der Waals surface area contributed by atoms with Crippen molar-refractivity contribution in [3.8, 4) is 11.4 Å². The zero-order valence-corrected chi connectivity index (χ0v) is 33.1. The quantitative estimate of drug-likeness (QED) is 0.110. The van der Waals surface area contributed by atoms with Gasteiger partial charge in [0.2, 0.25) is 5.91 Å². The molecule has 1 unspecified atom stereocenters. The number of rotatable bonds is 13. The minimum absolute atomic E-state index is 0.0259. The second kappa shape index (κ2) is 17.6. The number of ether oxygens (including phenoxy) is 2. The number of thioether (sulfide) groups is 1. The standard InChI is InChI=1S/C36H55N5O7SSi/c1-11-46-34(45)41-21-19-40(20-22-41)33(44)27(17-18-30(42)47-35(3,4)5)38-32(43)28-23-29(39-31(37-28)26-15-13-12-14-16-26)49-24-25(2)48-50(9,10)36(6,7)8/h12-16,23,25,27H,11,17-22,24H2,1-10H3,(H,38,43)/t25?,27-/m0/s1. The fourth-order valence-corrected chi connectivity index (χ4v) is 7.32.